The number of benzene rings is 2. The Hall–Kier alpha value is -2.03. The van der Waals surface area contributed by atoms with Crippen molar-refractivity contribution in [1.82, 2.24) is 9.47 Å². The lowest BCUT2D eigenvalue weighted by Crippen LogP contribution is -2.27. The minimum Gasteiger partial charge on any atom is -0.317 e. The third-order valence-corrected chi connectivity index (χ3v) is 6.17. The van der Waals surface area contributed by atoms with Crippen molar-refractivity contribution < 1.29 is 9.59 Å². The van der Waals surface area contributed by atoms with E-state index in [0.29, 0.717) is 9.93 Å². The molecule has 2 heterocycles. The summed E-state index contributed by atoms with van der Waals surface area (Å²) in [5.74, 6) is -0.277. The summed E-state index contributed by atoms with van der Waals surface area (Å²) in [7, 11) is 0. The summed E-state index contributed by atoms with van der Waals surface area (Å²) in [6, 6.07) is 19.1. The second-order valence-electron chi connectivity index (χ2n) is 6.17. The summed E-state index contributed by atoms with van der Waals surface area (Å²) in [6.07, 6.45) is 3.71. The van der Waals surface area contributed by atoms with Gasteiger partial charge >= 0.3 is 0 Å². The molecule has 0 saturated carbocycles. The maximum absolute atomic E-state index is 12.8. The van der Waals surface area contributed by atoms with Crippen LogP contribution >= 0.6 is 46.0 Å². The normalized spacial score (nSPS) is 15.6. The monoisotopic (exact) mass is 520 g/mol. The summed E-state index contributed by atoms with van der Waals surface area (Å²) in [4.78, 5) is 26.8. The molecule has 4 nitrogen and oxygen atoms in total. The van der Waals surface area contributed by atoms with Gasteiger partial charge in [0.15, 0.2) is 0 Å². The van der Waals surface area contributed by atoms with Crippen LogP contribution in [0.25, 0.3) is 11.8 Å². The smallest absolute Gasteiger partial charge is 0.293 e. The molecular formula is C21H14ClIN2O2S. The molecular weight excluding hydrogens is 507 g/mol. The van der Waals surface area contributed by atoms with E-state index in [1.807, 2.05) is 59.3 Å². The number of carbonyl (C=O) groups is 2. The molecule has 0 aliphatic carbocycles. The number of rotatable bonds is 4. The molecule has 2 amide bonds. The summed E-state index contributed by atoms with van der Waals surface area (Å²) in [5.41, 5.74) is 2.70. The maximum Gasteiger partial charge on any atom is 0.293 e. The van der Waals surface area contributed by atoms with E-state index in [2.05, 4.69) is 22.6 Å². The van der Waals surface area contributed by atoms with Gasteiger partial charge in [0.25, 0.3) is 11.1 Å². The van der Waals surface area contributed by atoms with E-state index in [1.54, 1.807) is 18.2 Å². The number of aromatic nitrogens is 1. The summed E-state index contributed by atoms with van der Waals surface area (Å²) in [5, 5.41) is 0.354. The summed E-state index contributed by atoms with van der Waals surface area (Å²) in [6.45, 7) is 0.233. The van der Waals surface area contributed by atoms with Crippen molar-refractivity contribution in [3.63, 3.8) is 0 Å². The number of halogens is 2. The minimum atomic E-state index is -0.277. The molecule has 7 heteroatoms. The highest BCUT2D eigenvalue weighted by atomic mass is 127. The Labute approximate surface area is 185 Å². The van der Waals surface area contributed by atoms with Crippen LogP contribution in [0.5, 0.6) is 0 Å². The fourth-order valence-corrected chi connectivity index (χ4v) is 4.20. The van der Waals surface area contributed by atoms with Crippen LogP contribution in [0.2, 0.25) is 5.02 Å². The molecule has 4 rings (SSSR count). The lowest BCUT2D eigenvalue weighted by atomic mass is 10.2. The number of nitrogens with zero attached hydrogens (tertiary/aromatic N) is 2. The van der Waals surface area contributed by atoms with E-state index in [9.17, 15) is 9.59 Å². The van der Waals surface area contributed by atoms with E-state index in [0.717, 1.165) is 32.3 Å². The standard InChI is InChI=1S/C21H14ClIN2O2S/c22-15-5-3-14(4-6-15)13-25-20(26)19(28-21(25)27)12-18-2-1-11-24(18)17-9-7-16(23)8-10-17/h1-12H,13H2/b19-12+. The lowest BCUT2D eigenvalue weighted by molar-refractivity contribution is -0.123. The Balaban J connectivity index is 1.59. The molecule has 0 spiro atoms. The van der Waals surface area contributed by atoms with Crippen LogP contribution in [0.3, 0.4) is 0 Å². The van der Waals surface area contributed by atoms with Gasteiger partial charge in [-0.2, -0.15) is 0 Å². The van der Waals surface area contributed by atoms with Gasteiger partial charge in [0.1, 0.15) is 0 Å². The van der Waals surface area contributed by atoms with E-state index < -0.39 is 0 Å². The largest absolute Gasteiger partial charge is 0.317 e. The minimum absolute atomic E-state index is 0.233. The van der Waals surface area contributed by atoms with Crippen molar-refractivity contribution in [2.24, 2.45) is 0 Å². The van der Waals surface area contributed by atoms with Crippen molar-refractivity contribution in [1.29, 1.82) is 0 Å². The van der Waals surface area contributed by atoms with E-state index in [4.69, 9.17) is 11.6 Å². The first kappa shape index (κ1) is 19.3. The highest BCUT2D eigenvalue weighted by molar-refractivity contribution is 14.1. The van der Waals surface area contributed by atoms with E-state index in [-0.39, 0.29) is 17.7 Å². The van der Waals surface area contributed by atoms with Gasteiger partial charge in [0.2, 0.25) is 0 Å². The molecule has 0 radical (unpaired) electrons. The first-order chi connectivity index (χ1) is 13.5. The molecule has 1 fully saturated rings. The average Bonchev–Trinajstić information content (AvgIpc) is 3.24. The number of amides is 2. The zero-order valence-corrected chi connectivity index (χ0v) is 18.2. The maximum atomic E-state index is 12.8. The van der Waals surface area contributed by atoms with Crippen molar-refractivity contribution in [2.75, 3.05) is 0 Å². The van der Waals surface area contributed by atoms with Gasteiger partial charge in [-0.15, -0.1) is 0 Å². The molecule has 1 aliphatic heterocycles. The summed E-state index contributed by atoms with van der Waals surface area (Å²) >= 11 is 9.13. The van der Waals surface area contributed by atoms with Gasteiger partial charge in [0, 0.05) is 26.2 Å². The molecule has 2 aromatic carbocycles. The molecule has 1 saturated heterocycles. The number of imide groups is 1. The topological polar surface area (TPSA) is 42.3 Å². The SMILES string of the molecule is O=C1S/C(=C/c2cccn2-c2ccc(I)cc2)C(=O)N1Cc1ccc(Cl)cc1. The number of thioether (sulfide) groups is 1. The zero-order valence-electron chi connectivity index (χ0n) is 14.5. The Morgan fingerprint density at radius 2 is 1.71 bits per heavy atom. The van der Waals surface area contributed by atoms with Gasteiger partial charge in [-0.05, 0) is 94.5 Å². The molecule has 140 valence electrons. The molecule has 0 N–H and O–H groups in total. The molecule has 0 unspecified atom stereocenters. The molecule has 3 aromatic rings. The number of hydrogen-bond donors (Lipinski definition) is 0. The van der Waals surface area contributed by atoms with Gasteiger partial charge in [-0.25, -0.2) is 0 Å². The molecule has 1 aliphatic rings. The number of hydrogen-bond acceptors (Lipinski definition) is 3. The van der Waals surface area contributed by atoms with Crippen molar-refractivity contribution >= 4 is 63.2 Å². The van der Waals surface area contributed by atoms with Crippen LogP contribution in [-0.2, 0) is 11.3 Å². The van der Waals surface area contributed by atoms with Gasteiger partial charge in [-0.1, -0.05) is 23.7 Å². The predicted molar refractivity (Wildman–Crippen MR) is 121 cm³/mol. The van der Waals surface area contributed by atoms with Crippen LogP contribution in [0.15, 0.2) is 71.8 Å². The quantitative estimate of drug-likeness (QED) is 0.314. The first-order valence-corrected chi connectivity index (χ1v) is 10.7. The fraction of sp³-hybridized carbons (Fsp3) is 0.0476. The predicted octanol–water partition coefficient (Wildman–Crippen LogP) is 5.97. The fourth-order valence-electron chi connectivity index (χ4n) is 2.89. The van der Waals surface area contributed by atoms with Crippen LogP contribution in [-0.4, -0.2) is 20.6 Å². The highest BCUT2D eigenvalue weighted by Gasteiger charge is 2.35. The summed E-state index contributed by atoms with van der Waals surface area (Å²) < 4.78 is 3.14. The van der Waals surface area contributed by atoms with Gasteiger partial charge in [-0.3, -0.25) is 14.5 Å². The van der Waals surface area contributed by atoms with Gasteiger partial charge < -0.3 is 4.57 Å². The van der Waals surface area contributed by atoms with E-state index in [1.165, 1.54) is 4.90 Å². The molecule has 0 atom stereocenters. The van der Waals surface area contributed by atoms with E-state index >= 15 is 0 Å². The zero-order chi connectivity index (χ0) is 19.7. The average molecular weight is 521 g/mol. The van der Waals surface area contributed by atoms with Crippen LogP contribution in [0.1, 0.15) is 11.3 Å². The van der Waals surface area contributed by atoms with Crippen molar-refractivity contribution in [3.8, 4) is 5.69 Å². The second kappa shape index (κ2) is 8.14. The number of carbonyl (C=O) groups excluding carboxylic acids is 2. The van der Waals surface area contributed by atoms with Crippen LogP contribution in [0.4, 0.5) is 4.79 Å². The third-order valence-electron chi connectivity index (χ3n) is 4.29. The Kier molecular flexibility index (Phi) is 5.61. The second-order valence-corrected chi connectivity index (χ2v) is 8.85. The highest BCUT2D eigenvalue weighted by Crippen LogP contribution is 2.33. The third kappa shape index (κ3) is 4.04. The Morgan fingerprint density at radius 3 is 2.43 bits per heavy atom. The van der Waals surface area contributed by atoms with Gasteiger partial charge in [0.05, 0.1) is 11.4 Å². The molecule has 0 bridgehead atoms. The van der Waals surface area contributed by atoms with Crippen LogP contribution < -0.4 is 0 Å². The van der Waals surface area contributed by atoms with Crippen LogP contribution in [0, 0.1) is 3.57 Å². The first-order valence-electron chi connectivity index (χ1n) is 8.44. The lowest BCUT2D eigenvalue weighted by Gasteiger charge is -2.12. The molecule has 28 heavy (non-hydrogen) atoms. The molecule has 1 aromatic heterocycles. The Morgan fingerprint density at radius 1 is 1.00 bits per heavy atom. The van der Waals surface area contributed by atoms with Crippen molar-refractivity contribution in [3.05, 3.63) is 91.6 Å². The van der Waals surface area contributed by atoms with Crippen molar-refractivity contribution in [2.45, 2.75) is 6.54 Å². The Bertz CT molecular complexity index is 1070.